The summed E-state index contributed by atoms with van der Waals surface area (Å²) in [6, 6.07) is 14.7. The standard InChI is InChI=1S/C28H27FN4O5/c1-18(34)30-15-23-17-33(28(37)38-23)22-9-10-24(25(29)13-22)21-7-3-19(4-8-21)14-31-26(35)11-5-20-6-12-27(36)32(2)16-20/h3-13,16,23H,14-15,17H2,1-2H3,(H,30,34)(H,31,35)/t23-/m0/s1. The van der Waals surface area contributed by atoms with Crippen molar-refractivity contribution in [2.75, 3.05) is 18.0 Å². The van der Waals surface area contributed by atoms with Crippen LogP contribution >= 0.6 is 0 Å². The van der Waals surface area contributed by atoms with E-state index in [0.717, 1.165) is 11.1 Å². The Bertz CT molecular complexity index is 1450. The summed E-state index contributed by atoms with van der Waals surface area (Å²) in [6.45, 7) is 2.06. The number of ether oxygens (including phenoxy) is 1. The number of nitrogens with zero attached hydrogens (tertiary/aromatic N) is 2. The molecule has 0 unspecified atom stereocenters. The molecule has 2 heterocycles. The van der Waals surface area contributed by atoms with Crippen LogP contribution in [0.4, 0.5) is 14.9 Å². The zero-order valence-electron chi connectivity index (χ0n) is 20.9. The van der Waals surface area contributed by atoms with Crippen LogP contribution in [-0.2, 0) is 27.9 Å². The Morgan fingerprint density at radius 1 is 1.08 bits per heavy atom. The number of aryl methyl sites for hydroxylation is 1. The normalized spacial score (nSPS) is 15.0. The van der Waals surface area contributed by atoms with E-state index in [4.69, 9.17) is 4.74 Å². The van der Waals surface area contributed by atoms with Gasteiger partial charge in [0.1, 0.15) is 11.9 Å². The molecule has 3 aromatic rings. The van der Waals surface area contributed by atoms with E-state index in [-0.39, 0.29) is 37.0 Å². The number of nitrogens with one attached hydrogen (secondary N) is 2. The lowest BCUT2D eigenvalue weighted by molar-refractivity contribution is -0.119. The van der Waals surface area contributed by atoms with Gasteiger partial charge in [-0.05, 0) is 47.0 Å². The molecular formula is C28H27FN4O5. The average Bonchev–Trinajstić information content (AvgIpc) is 3.27. The number of aromatic nitrogens is 1. The van der Waals surface area contributed by atoms with Crippen molar-refractivity contribution in [3.63, 3.8) is 0 Å². The molecule has 9 nitrogen and oxygen atoms in total. The van der Waals surface area contributed by atoms with Gasteiger partial charge in [0, 0.05) is 44.4 Å². The van der Waals surface area contributed by atoms with Crippen molar-refractivity contribution in [3.05, 3.63) is 94.2 Å². The van der Waals surface area contributed by atoms with Crippen LogP contribution in [-0.4, -0.2) is 41.7 Å². The van der Waals surface area contributed by atoms with Gasteiger partial charge in [-0.2, -0.15) is 0 Å². The van der Waals surface area contributed by atoms with Crippen LogP contribution in [0, 0.1) is 5.82 Å². The van der Waals surface area contributed by atoms with Gasteiger partial charge in [-0.3, -0.25) is 19.3 Å². The van der Waals surface area contributed by atoms with Crippen molar-refractivity contribution < 1.29 is 23.5 Å². The van der Waals surface area contributed by atoms with E-state index in [0.29, 0.717) is 16.8 Å². The third-order valence-corrected chi connectivity index (χ3v) is 5.98. The first-order chi connectivity index (χ1) is 18.2. The van der Waals surface area contributed by atoms with Crippen molar-refractivity contribution in [3.8, 4) is 11.1 Å². The summed E-state index contributed by atoms with van der Waals surface area (Å²) in [5.41, 5.74) is 2.81. The molecule has 2 aromatic carbocycles. The van der Waals surface area contributed by atoms with Crippen molar-refractivity contribution in [2.24, 2.45) is 7.05 Å². The summed E-state index contributed by atoms with van der Waals surface area (Å²) in [4.78, 5) is 48.2. The molecular weight excluding hydrogens is 491 g/mol. The highest BCUT2D eigenvalue weighted by molar-refractivity contribution is 5.92. The molecule has 0 spiro atoms. The molecule has 4 rings (SSSR count). The molecule has 2 N–H and O–H groups in total. The number of cyclic esters (lactones) is 1. The Morgan fingerprint density at radius 2 is 1.84 bits per heavy atom. The molecule has 3 amide bonds. The first-order valence-corrected chi connectivity index (χ1v) is 11.9. The number of rotatable bonds is 8. The number of benzene rings is 2. The van der Waals surface area contributed by atoms with Crippen LogP contribution in [0.1, 0.15) is 18.1 Å². The second kappa shape index (κ2) is 11.5. The minimum Gasteiger partial charge on any atom is -0.442 e. The van der Waals surface area contributed by atoms with E-state index in [1.54, 1.807) is 61.8 Å². The van der Waals surface area contributed by atoms with Crippen LogP contribution in [0.15, 0.2) is 71.7 Å². The Balaban J connectivity index is 1.34. The number of amides is 3. The third-order valence-electron chi connectivity index (χ3n) is 5.98. The lowest BCUT2D eigenvalue weighted by atomic mass is 10.0. The van der Waals surface area contributed by atoms with Crippen LogP contribution in [0.25, 0.3) is 17.2 Å². The fourth-order valence-corrected chi connectivity index (χ4v) is 3.94. The molecule has 0 radical (unpaired) electrons. The number of hydrogen-bond donors (Lipinski definition) is 2. The highest BCUT2D eigenvalue weighted by Gasteiger charge is 2.32. The lowest BCUT2D eigenvalue weighted by Crippen LogP contribution is -2.33. The molecule has 196 valence electrons. The van der Waals surface area contributed by atoms with Gasteiger partial charge in [0.25, 0.3) is 0 Å². The molecule has 38 heavy (non-hydrogen) atoms. The monoisotopic (exact) mass is 518 g/mol. The van der Waals surface area contributed by atoms with Gasteiger partial charge in [0.15, 0.2) is 0 Å². The summed E-state index contributed by atoms with van der Waals surface area (Å²) in [5.74, 6) is -1.01. The number of hydrogen-bond acceptors (Lipinski definition) is 5. The maximum Gasteiger partial charge on any atom is 0.414 e. The molecule has 1 aliphatic heterocycles. The minimum atomic E-state index is -0.594. The first kappa shape index (κ1) is 26.3. The van der Waals surface area contributed by atoms with E-state index in [9.17, 15) is 23.6 Å². The number of carbonyl (C=O) groups excluding carboxylic acids is 3. The molecule has 1 aromatic heterocycles. The predicted octanol–water partition coefficient (Wildman–Crippen LogP) is 2.98. The number of carbonyl (C=O) groups is 3. The van der Waals surface area contributed by atoms with Crippen molar-refractivity contribution >= 4 is 29.7 Å². The van der Waals surface area contributed by atoms with E-state index >= 15 is 0 Å². The van der Waals surface area contributed by atoms with E-state index < -0.39 is 18.0 Å². The van der Waals surface area contributed by atoms with Crippen molar-refractivity contribution in [1.82, 2.24) is 15.2 Å². The Kier molecular flexibility index (Phi) is 8.00. The Labute approximate surface area is 218 Å². The van der Waals surface area contributed by atoms with Crippen molar-refractivity contribution in [2.45, 2.75) is 19.6 Å². The third kappa shape index (κ3) is 6.52. The molecule has 1 saturated heterocycles. The fraction of sp³-hybridized carbons (Fsp3) is 0.214. The topological polar surface area (TPSA) is 110 Å². The van der Waals surface area contributed by atoms with Gasteiger partial charge in [-0.15, -0.1) is 0 Å². The number of halogens is 1. The van der Waals surface area contributed by atoms with Crippen LogP contribution in [0.2, 0.25) is 0 Å². The SMILES string of the molecule is CC(=O)NC[C@H]1CN(c2ccc(-c3ccc(CNC(=O)C=Cc4ccc(=O)n(C)c4)cc3)c(F)c2)C(=O)O1. The molecule has 1 atom stereocenters. The number of anilines is 1. The molecule has 0 aliphatic carbocycles. The van der Waals surface area contributed by atoms with Gasteiger partial charge in [-0.1, -0.05) is 24.3 Å². The second-order valence-corrected chi connectivity index (χ2v) is 8.88. The summed E-state index contributed by atoms with van der Waals surface area (Å²) < 4.78 is 21.6. The predicted molar refractivity (Wildman–Crippen MR) is 141 cm³/mol. The molecule has 1 fully saturated rings. The van der Waals surface area contributed by atoms with Crippen LogP contribution in [0.3, 0.4) is 0 Å². The van der Waals surface area contributed by atoms with Crippen molar-refractivity contribution in [1.29, 1.82) is 0 Å². The summed E-state index contributed by atoms with van der Waals surface area (Å²) >= 11 is 0. The minimum absolute atomic E-state index is 0.129. The Hall–Kier alpha value is -4.73. The Morgan fingerprint density at radius 3 is 2.53 bits per heavy atom. The van der Waals surface area contributed by atoms with Crippen LogP contribution < -0.4 is 21.1 Å². The summed E-state index contributed by atoms with van der Waals surface area (Å²) in [5, 5.41) is 5.39. The van der Waals surface area contributed by atoms with Gasteiger partial charge in [0.2, 0.25) is 17.4 Å². The van der Waals surface area contributed by atoms with Gasteiger partial charge in [-0.25, -0.2) is 9.18 Å². The largest absolute Gasteiger partial charge is 0.442 e. The lowest BCUT2D eigenvalue weighted by Gasteiger charge is -2.15. The highest BCUT2D eigenvalue weighted by Crippen LogP contribution is 2.29. The van der Waals surface area contributed by atoms with Gasteiger partial charge < -0.3 is 19.9 Å². The van der Waals surface area contributed by atoms with E-state index in [2.05, 4.69) is 10.6 Å². The smallest absolute Gasteiger partial charge is 0.414 e. The first-order valence-electron chi connectivity index (χ1n) is 11.9. The summed E-state index contributed by atoms with van der Waals surface area (Å²) in [6.07, 6.45) is 3.55. The maximum absolute atomic E-state index is 15.0. The fourth-order valence-electron chi connectivity index (χ4n) is 3.94. The quantitative estimate of drug-likeness (QED) is 0.446. The molecule has 10 heteroatoms. The zero-order valence-corrected chi connectivity index (χ0v) is 20.9. The second-order valence-electron chi connectivity index (χ2n) is 8.88. The highest BCUT2D eigenvalue weighted by atomic mass is 19.1. The van der Waals surface area contributed by atoms with E-state index in [1.807, 2.05) is 0 Å². The van der Waals surface area contributed by atoms with Gasteiger partial charge >= 0.3 is 6.09 Å². The number of pyridine rings is 1. The molecule has 1 aliphatic rings. The molecule has 0 bridgehead atoms. The van der Waals surface area contributed by atoms with E-state index in [1.165, 1.54) is 34.6 Å². The van der Waals surface area contributed by atoms with Crippen LogP contribution in [0.5, 0.6) is 0 Å². The average molecular weight is 519 g/mol. The maximum atomic E-state index is 15.0. The van der Waals surface area contributed by atoms with Gasteiger partial charge in [0.05, 0.1) is 18.8 Å². The zero-order chi connectivity index (χ0) is 27.2. The molecule has 0 saturated carbocycles. The summed E-state index contributed by atoms with van der Waals surface area (Å²) in [7, 11) is 1.64.